The van der Waals surface area contributed by atoms with Crippen molar-refractivity contribution < 1.29 is 44.3 Å². The van der Waals surface area contributed by atoms with Gasteiger partial charge >= 0.3 is 6.18 Å². The summed E-state index contributed by atoms with van der Waals surface area (Å²) in [5.41, 5.74) is -2.89. The Morgan fingerprint density at radius 2 is 1.71 bits per heavy atom. The molecule has 152 valence electrons. The van der Waals surface area contributed by atoms with Crippen molar-refractivity contribution in [1.82, 2.24) is 4.72 Å². The smallest absolute Gasteiger partial charge is 0.417 e. The first-order valence-electron chi connectivity index (χ1n) is 6.95. The van der Waals surface area contributed by atoms with Crippen molar-refractivity contribution in [3.8, 4) is 11.5 Å². The Morgan fingerprint density at radius 3 is 2.25 bits per heavy atom. The minimum Gasteiger partial charge on any atom is -0.454 e. The molecule has 1 N–H and O–H groups in total. The first kappa shape index (κ1) is 21.8. The van der Waals surface area contributed by atoms with Crippen LogP contribution in [0.3, 0.4) is 0 Å². The first-order chi connectivity index (χ1) is 12.7. The standard InChI is InChI=1S/C15H8ClF6NO4S/c1-28(25,26)23-14(24)11-9(17)5-10(12(18)13(11)19)27-6-2-3-8(16)7(4-6)15(20,21)22/h2-5H,1H3,(H,23,24). The molecule has 0 heterocycles. The van der Waals surface area contributed by atoms with Crippen LogP contribution in [0.15, 0.2) is 24.3 Å². The van der Waals surface area contributed by atoms with Crippen molar-refractivity contribution in [1.29, 1.82) is 0 Å². The van der Waals surface area contributed by atoms with Gasteiger partial charge in [0.15, 0.2) is 11.6 Å². The molecule has 2 aromatic rings. The van der Waals surface area contributed by atoms with Gasteiger partial charge in [-0.25, -0.2) is 21.9 Å². The van der Waals surface area contributed by atoms with Gasteiger partial charge in [-0.3, -0.25) is 4.79 Å². The Hall–Kier alpha value is -2.47. The summed E-state index contributed by atoms with van der Waals surface area (Å²) in [4.78, 5) is 11.6. The molecule has 2 rings (SSSR count). The molecule has 0 aliphatic rings. The number of carbonyl (C=O) groups excluding carboxylic acids is 1. The Bertz CT molecular complexity index is 1060. The van der Waals surface area contributed by atoms with Crippen LogP contribution in [0.2, 0.25) is 5.02 Å². The summed E-state index contributed by atoms with van der Waals surface area (Å²) in [5, 5.41) is -0.689. The van der Waals surface area contributed by atoms with E-state index in [-0.39, 0.29) is 6.07 Å². The maximum absolute atomic E-state index is 14.1. The number of rotatable bonds is 4. The Labute approximate surface area is 158 Å². The number of hydrogen-bond acceptors (Lipinski definition) is 4. The zero-order chi connectivity index (χ0) is 21.4. The van der Waals surface area contributed by atoms with E-state index in [0.717, 1.165) is 12.1 Å². The number of nitrogens with one attached hydrogen (secondary N) is 1. The van der Waals surface area contributed by atoms with Gasteiger partial charge in [-0.2, -0.15) is 17.6 Å². The lowest BCUT2D eigenvalue weighted by Gasteiger charge is -2.13. The van der Waals surface area contributed by atoms with E-state index in [9.17, 15) is 39.6 Å². The van der Waals surface area contributed by atoms with Gasteiger partial charge in [0.25, 0.3) is 5.91 Å². The number of ether oxygens (including phenoxy) is 1. The molecule has 0 saturated carbocycles. The van der Waals surface area contributed by atoms with Crippen LogP contribution in [0, 0.1) is 17.5 Å². The Kier molecular flexibility index (Phi) is 5.85. The van der Waals surface area contributed by atoms with Gasteiger partial charge in [-0.15, -0.1) is 0 Å². The molecule has 2 aromatic carbocycles. The summed E-state index contributed by atoms with van der Waals surface area (Å²) in [6.07, 6.45) is -4.35. The summed E-state index contributed by atoms with van der Waals surface area (Å²) in [5.74, 6) is -9.34. The molecule has 0 atom stereocenters. The fourth-order valence-corrected chi connectivity index (χ4v) is 2.65. The van der Waals surface area contributed by atoms with Gasteiger partial charge in [0.05, 0.1) is 16.8 Å². The highest BCUT2D eigenvalue weighted by Gasteiger charge is 2.34. The van der Waals surface area contributed by atoms with Crippen LogP contribution in [0.25, 0.3) is 0 Å². The maximum Gasteiger partial charge on any atom is 0.417 e. The lowest BCUT2D eigenvalue weighted by Crippen LogP contribution is -2.31. The third-order valence-corrected chi connectivity index (χ3v) is 3.99. The molecule has 28 heavy (non-hydrogen) atoms. The number of hydrogen-bond donors (Lipinski definition) is 1. The molecular weight excluding hydrogens is 440 g/mol. The van der Waals surface area contributed by atoms with Crippen molar-refractivity contribution in [2.24, 2.45) is 0 Å². The zero-order valence-electron chi connectivity index (χ0n) is 13.5. The van der Waals surface area contributed by atoms with Gasteiger partial charge in [0, 0.05) is 6.07 Å². The second kappa shape index (κ2) is 7.51. The van der Waals surface area contributed by atoms with E-state index in [1.807, 2.05) is 0 Å². The van der Waals surface area contributed by atoms with Gasteiger partial charge in [-0.05, 0) is 18.2 Å². The highest BCUT2D eigenvalue weighted by atomic mass is 35.5. The first-order valence-corrected chi connectivity index (χ1v) is 9.22. The number of halogens is 7. The molecule has 0 saturated heterocycles. The summed E-state index contributed by atoms with van der Waals surface area (Å²) in [6, 6.07) is 2.22. The monoisotopic (exact) mass is 447 g/mol. The van der Waals surface area contributed by atoms with Crippen LogP contribution < -0.4 is 9.46 Å². The van der Waals surface area contributed by atoms with Crippen LogP contribution >= 0.6 is 11.6 Å². The van der Waals surface area contributed by atoms with Crippen LogP contribution in [0.4, 0.5) is 26.3 Å². The Balaban J connectivity index is 2.46. The molecular formula is C15H8ClF6NO4S. The third-order valence-electron chi connectivity index (χ3n) is 3.10. The van der Waals surface area contributed by atoms with Gasteiger partial charge in [0.1, 0.15) is 17.1 Å². The molecule has 0 bridgehead atoms. The summed E-state index contributed by atoms with van der Waals surface area (Å²) in [7, 11) is -4.20. The number of alkyl halides is 3. The lowest BCUT2D eigenvalue weighted by atomic mass is 10.1. The minimum atomic E-state index is -4.88. The fourth-order valence-electron chi connectivity index (χ4n) is 1.99. The summed E-state index contributed by atoms with van der Waals surface area (Å²) < 4.78 is 109. The molecule has 0 radical (unpaired) electrons. The molecule has 0 fully saturated rings. The van der Waals surface area contributed by atoms with Crippen LogP contribution in [0.5, 0.6) is 11.5 Å². The van der Waals surface area contributed by atoms with E-state index in [1.165, 1.54) is 4.72 Å². The van der Waals surface area contributed by atoms with Gasteiger partial charge < -0.3 is 4.74 Å². The molecule has 0 aliphatic heterocycles. The highest BCUT2D eigenvalue weighted by molar-refractivity contribution is 7.89. The van der Waals surface area contributed by atoms with E-state index in [2.05, 4.69) is 0 Å². The molecule has 5 nitrogen and oxygen atoms in total. The lowest BCUT2D eigenvalue weighted by molar-refractivity contribution is -0.137. The second-order valence-corrected chi connectivity index (χ2v) is 7.46. The van der Waals surface area contributed by atoms with Crippen LogP contribution in [0.1, 0.15) is 15.9 Å². The SMILES string of the molecule is CS(=O)(=O)NC(=O)c1c(F)cc(Oc2ccc(Cl)c(C(F)(F)F)c2)c(F)c1F. The second-order valence-electron chi connectivity index (χ2n) is 5.30. The quantitative estimate of drug-likeness (QED) is 0.561. The van der Waals surface area contributed by atoms with E-state index in [1.54, 1.807) is 0 Å². The largest absolute Gasteiger partial charge is 0.454 e. The molecule has 0 spiro atoms. The Morgan fingerprint density at radius 1 is 1.11 bits per heavy atom. The van der Waals surface area contributed by atoms with Crippen LogP contribution in [-0.2, 0) is 16.2 Å². The average Bonchev–Trinajstić information content (AvgIpc) is 2.51. The normalized spacial score (nSPS) is 12.0. The number of carbonyl (C=O) groups is 1. The zero-order valence-corrected chi connectivity index (χ0v) is 15.1. The predicted molar refractivity (Wildman–Crippen MR) is 85.2 cm³/mol. The highest BCUT2D eigenvalue weighted by Crippen LogP contribution is 2.38. The summed E-state index contributed by atoms with van der Waals surface area (Å²) in [6.45, 7) is 0. The number of amides is 1. The van der Waals surface area contributed by atoms with Crippen molar-refractivity contribution >= 4 is 27.5 Å². The predicted octanol–water partition coefficient (Wildman–Crippen LogP) is 4.26. The molecule has 0 aliphatic carbocycles. The van der Waals surface area contributed by atoms with E-state index < -0.39 is 67.2 Å². The van der Waals surface area contributed by atoms with Crippen molar-refractivity contribution in [2.45, 2.75) is 6.18 Å². The fraction of sp³-hybridized carbons (Fsp3) is 0.133. The van der Waals surface area contributed by atoms with Crippen molar-refractivity contribution in [3.05, 3.63) is 57.9 Å². The topological polar surface area (TPSA) is 72.5 Å². The van der Waals surface area contributed by atoms with E-state index in [0.29, 0.717) is 12.3 Å². The van der Waals surface area contributed by atoms with E-state index in [4.69, 9.17) is 16.3 Å². The van der Waals surface area contributed by atoms with Gasteiger partial charge in [-0.1, -0.05) is 11.6 Å². The molecule has 13 heteroatoms. The molecule has 1 amide bonds. The summed E-state index contributed by atoms with van der Waals surface area (Å²) >= 11 is 5.41. The molecule has 0 aromatic heterocycles. The van der Waals surface area contributed by atoms with Crippen LogP contribution in [-0.4, -0.2) is 20.6 Å². The number of benzene rings is 2. The van der Waals surface area contributed by atoms with Gasteiger partial charge in [0.2, 0.25) is 15.8 Å². The number of sulfonamides is 1. The van der Waals surface area contributed by atoms with E-state index >= 15 is 0 Å². The maximum atomic E-state index is 14.1. The third kappa shape index (κ3) is 4.87. The minimum absolute atomic E-state index is 0.178. The molecule has 0 unspecified atom stereocenters. The van der Waals surface area contributed by atoms with Crippen molar-refractivity contribution in [3.63, 3.8) is 0 Å². The average molecular weight is 448 g/mol. The van der Waals surface area contributed by atoms with Crippen molar-refractivity contribution in [2.75, 3.05) is 6.26 Å².